The maximum atomic E-state index is 12.9. The van der Waals surface area contributed by atoms with Crippen molar-refractivity contribution in [2.75, 3.05) is 5.75 Å². The number of nitriles is 1. The number of rotatable bonds is 5. The van der Waals surface area contributed by atoms with E-state index >= 15 is 0 Å². The van der Waals surface area contributed by atoms with E-state index in [4.69, 9.17) is 4.42 Å². The summed E-state index contributed by atoms with van der Waals surface area (Å²) in [5, 5.41) is 17.8. The summed E-state index contributed by atoms with van der Waals surface area (Å²) in [4.78, 5) is 18.1. The molecule has 1 aliphatic heterocycles. The van der Waals surface area contributed by atoms with Crippen molar-refractivity contribution in [2.45, 2.75) is 17.5 Å². The molecule has 0 fully saturated rings. The molecule has 3 aromatic heterocycles. The zero-order chi connectivity index (χ0) is 18.6. The Morgan fingerprint density at radius 2 is 2.30 bits per heavy atom. The largest absolute Gasteiger partial charge is 0.467 e. The van der Waals surface area contributed by atoms with Crippen LogP contribution < -0.4 is 0 Å². The molecule has 0 saturated heterocycles. The molecular formula is C19H14N4O2S2. The molecule has 0 saturated carbocycles. The third kappa shape index (κ3) is 3.65. The van der Waals surface area contributed by atoms with Crippen LogP contribution in [0.5, 0.6) is 0 Å². The number of thiophene rings is 1. The van der Waals surface area contributed by atoms with Gasteiger partial charge in [0.15, 0.2) is 0 Å². The molecule has 1 amide bonds. The number of nitrogens with zero attached hydrogens (tertiary/aromatic N) is 4. The molecule has 1 atom stereocenters. The molecule has 0 unspecified atom stereocenters. The van der Waals surface area contributed by atoms with E-state index in [9.17, 15) is 10.1 Å². The van der Waals surface area contributed by atoms with Gasteiger partial charge in [-0.15, -0.1) is 11.3 Å². The van der Waals surface area contributed by atoms with Crippen LogP contribution in [-0.2, 0) is 4.79 Å². The highest BCUT2D eigenvalue weighted by Gasteiger charge is 2.35. The number of hydrazone groups is 1. The van der Waals surface area contributed by atoms with Gasteiger partial charge in [-0.3, -0.25) is 4.79 Å². The van der Waals surface area contributed by atoms with Gasteiger partial charge in [0, 0.05) is 12.6 Å². The second-order valence-electron chi connectivity index (χ2n) is 5.75. The summed E-state index contributed by atoms with van der Waals surface area (Å²) in [5.74, 6) is 0.700. The van der Waals surface area contributed by atoms with Crippen LogP contribution in [0.1, 0.15) is 28.7 Å². The van der Waals surface area contributed by atoms with Crippen LogP contribution in [0.25, 0.3) is 0 Å². The lowest BCUT2D eigenvalue weighted by molar-refractivity contribution is -0.130. The van der Waals surface area contributed by atoms with E-state index in [2.05, 4.69) is 16.2 Å². The Kier molecular flexibility index (Phi) is 5.05. The average Bonchev–Trinajstić information content (AvgIpc) is 3.46. The quantitative estimate of drug-likeness (QED) is 0.609. The standard InChI is InChI=1S/C19H14N4O2S2/c20-11-13-4-1-7-21-19(13)27-12-18(24)23-15(16-5-2-8-25-16)10-14(22-23)17-6-3-9-26-17/h1-9,15H,10,12H2/t15-/m0/s1. The first-order valence-corrected chi connectivity index (χ1v) is 10.1. The van der Waals surface area contributed by atoms with Crippen molar-refractivity contribution in [2.24, 2.45) is 5.10 Å². The number of carbonyl (C=O) groups is 1. The molecule has 27 heavy (non-hydrogen) atoms. The minimum Gasteiger partial charge on any atom is -0.467 e. The highest BCUT2D eigenvalue weighted by Crippen LogP contribution is 2.34. The highest BCUT2D eigenvalue weighted by molar-refractivity contribution is 7.99. The molecule has 4 heterocycles. The zero-order valence-corrected chi connectivity index (χ0v) is 15.7. The third-order valence-corrected chi connectivity index (χ3v) is 5.98. The van der Waals surface area contributed by atoms with Gasteiger partial charge in [0.25, 0.3) is 5.91 Å². The van der Waals surface area contributed by atoms with Crippen LogP contribution in [-0.4, -0.2) is 27.4 Å². The van der Waals surface area contributed by atoms with Crippen molar-refractivity contribution in [3.05, 3.63) is 70.4 Å². The maximum absolute atomic E-state index is 12.9. The van der Waals surface area contributed by atoms with Gasteiger partial charge >= 0.3 is 0 Å². The molecule has 6 nitrogen and oxygen atoms in total. The fourth-order valence-electron chi connectivity index (χ4n) is 2.82. The smallest absolute Gasteiger partial charge is 0.253 e. The van der Waals surface area contributed by atoms with Gasteiger partial charge in [-0.05, 0) is 35.7 Å². The van der Waals surface area contributed by atoms with Crippen molar-refractivity contribution in [3.63, 3.8) is 0 Å². The molecule has 0 aliphatic carbocycles. The molecule has 0 spiro atoms. The normalized spacial score (nSPS) is 16.2. The Labute approximate surface area is 164 Å². The van der Waals surface area contributed by atoms with E-state index in [1.807, 2.05) is 29.6 Å². The summed E-state index contributed by atoms with van der Waals surface area (Å²) >= 11 is 2.84. The van der Waals surface area contributed by atoms with Crippen LogP contribution in [0.4, 0.5) is 0 Å². The number of hydrogen-bond donors (Lipinski definition) is 0. The van der Waals surface area contributed by atoms with E-state index in [0.717, 1.165) is 10.6 Å². The second-order valence-corrected chi connectivity index (χ2v) is 7.67. The number of carbonyl (C=O) groups excluding carboxylic acids is 1. The maximum Gasteiger partial charge on any atom is 0.253 e. The minimum atomic E-state index is -0.260. The summed E-state index contributed by atoms with van der Waals surface area (Å²) < 4.78 is 5.54. The predicted molar refractivity (Wildman–Crippen MR) is 103 cm³/mol. The van der Waals surface area contributed by atoms with Crippen molar-refractivity contribution in [1.82, 2.24) is 9.99 Å². The zero-order valence-electron chi connectivity index (χ0n) is 14.1. The monoisotopic (exact) mass is 394 g/mol. The average molecular weight is 394 g/mol. The topological polar surface area (TPSA) is 82.5 Å². The summed E-state index contributed by atoms with van der Waals surface area (Å²) in [6.07, 6.45) is 3.82. The number of hydrogen-bond acceptors (Lipinski definition) is 7. The summed E-state index contributed by atoms with van der Waals surface area (Å²) in [6.45, 7) is 0. The lowest BCUT2D eigenvalue weighted by Gasteiger charge is -2.19. The first-order chi connectivity index (χ1) is 13.3. The Balaban J connectivity index is 1.55. The summed E-state index contributed by atoms with van der Waals surface area (Å²) in [6, 6.07) is 12.9. The van der Waals surface area contributed by atoms with E-state index < -0.39 is 0 Å². The van der Waals surface area contributed by atoms with Gasteiger partial charge in [-0.2, -0.15) is 10.4 Å². The molecule has 0 aromatic carbocycles. The fraction of sp³-hybridized carbons (Fsp3) is 0.158. The van der Waals surface area contributed by atoms with Crippen LogP contribution >= 0.6 is 23.1 Å². The van der Waals surface area contributed by atoms with Gasteiger partial charge in [0.1, 0.15) is 22.9 Å². The number of thioether (sulfide) groups is 1. The minimum absolute atomic E-state index is 0.143. The number of furan rings is 1. The first kappa shape index (κ1) is 17.5. The van der Waals surface area contributed by atoms with Crippen LogP contribution in [0.15, 0.2) is 68.8 Å². The molecule has 8 heteroatoms. The SMILES string of the molecule is N#Cc1cccnc1SCC(=O)N1N=C(c2cccs2)C[C@H]1c1ccco1. The molecule has 1 aliphatic rings. The van der Waals surface area contributed by atoms with Crippen molar-refractivity contribution < 1.29 is 9.21 Å². The van der Waals surface area contributed by atoms with Gasteiger partial charge in [-0.25, -0.2) is 9.99 Å². The Morgan fingerprint density at radius 3 is 3.04 bits per heavy atom. The van der Waals surface area contributed by atoms with E-state index in [0.29, 0.717) is 22.8 Å². The van der Waals surface area contributed by atoms with E-state index in [1.54, 1.807) is 35.9 Å². The third-order valence-electron chi connectivity index (χ3n) is 4.07. The molecular weight excluding hydrogens is 380 g/mol. The van der Waals surface area contributed by atoms with Crippen molar-refractivity contribution in [1.29, 1.82) is 5.26 Å². The number of amides is 1. The Bertz CT molecular complexity index is 1010. The van der Waals surface area contributed by atoms with Crippen molar-refractivity contribution >= 4 is 34.7 Å². The van der Waals surface area contributed by atoms with Crippen LogP contribution in [0.2, 0.25) is 0 Å². The Hall–Kier alpha value is -2.89. The van der Waals surface area contributed by atoms with Gasteiger partial charge in [-0.1, -0.05) is 17.8 Å². The lowest BCUT2D eigenvalue weighted by atomic mass is 10.1. The van der Waals surface area contributed by atoms with Crippen LogP contribution in [0.3, 0.4) is 0 Å². The lowest BCUT2D eigenvalue weighted by Crippen LogP contribution is -2.28. The summed E-state index contributed by atoms with van der Waals surface area (Å²) in [7, 11) is 0. The van der Waals surface area contributed by atoms with Crippen LogP contribution in [0, 0.1) is 11.3 Å². The molecule has 0 N–H and O–H groups in total. The fourth-order valence-corrected chi connectivity index (χ4v) is 4.34. The van der Waals surface area contributed by atoms with E-state index in [1.165, 1.54) is 16.8 Å². The first-order valence-electron chi connectivity index (χ1n) is 8.21. The molecule has 134 valence electrons. The van der Waals surface area contributed by atoms with Gasteiger partial charge in [0.05, 0.1) is 28.2 Å². The molecule has 0 radical (unpaired) electrons. The summed E-state index contributed by atoms with van der Waals surface area (Å²) in [5.41, 5.74) is 1.34. The van der Waals surface area contributed by atoms with Gasteiger partial charge in [0.2, 0.25) is 0 Å². The van der Waals surface area contributed by atoms with Crippen molar-refractivity contribution in [3.8, 4) is 6.07 Å². The number of aromatic nitrogens is 1. The Morgan fingerprint density at radius 1 is 1.37 bits per heavy atom. The second kappa shape index (κ2) is 7.78. The molecule has 4 rings (SSSR count). The van der Waals surface area contributed by atoms with Gasteiger partial charge < -0.3 is 4.42 Å². The molecule has 3 aromatic rings. The predicted octanol–water partition coefficient (Wildman–Crippen LogP) is 4.08. The molecule has 0 bridgehead atoms. The highest BCUT2D eigenvalue weighted by atomic mass is 32.2. The number of pyridine rings is 1. The van der Waals surface area contributed by atoms with E-state index in [-0.39, 0.29) is 17.7 Å².